The Morgan fingerprint density at radius 3 is 2.07 bits per heavy atom. The fourth-order valence-electron chi connectivity index (χ4n) is 3.41. The van der Waals surface area contributed by atoms with Crippen molar-refractivity contribution in [3.05, 3.63) is 58.1 Å². The number of benzene rings is 2. The highest BCUT2D eigenvalue weighted by Crippen LogP contribution is 2.27. The van der Waals surface area contributed by atoms with Crippen LogP contribution in [0.2, 0.25) is 0 Å². The van der Waals surface area contributed by atoms with Crippen LogP contribution < -0.4 is 9.62 Å². The molecule has 29 heavy (non-hydrogen) atoms. The monoisotopic (exact) mass is 410 g/mol. The lowest BCUT2D eigenvalue weighted by atomic mass is 9.93. The SMILES string of the molecule is CCN(CC)c1ccc(CCc2c(C#N)cc(C)cc2C#N)c(NS(C)(=O)=O)c1. The van der Waals surface area contributed by atoms with Crippen molar-refractivity contribution in [2.75, 3.05) is 29.0 Å². The molecule has 1 N–H and O–H groups in total. The maximum absolute atomic E-state index is 11.9. The van der Waals surface area contributed by atoms with Gasteiger partial charge in [0.1, 0.15) is 0 Å². The van der Waals surface area contributed by atoms with E-state index in [2.05, 4.69) is 21.8 Å². The van der Waals surface area contributed by atoms with Gasteiger partial charge in [0, 0.05) is 18.8 Å². The molecule has 0 bridgehead atoms. The summed E-state index contributed by atoms with van der Waals surface area (Å²) in [7, 11) is -3.44. The van der Waals surface area contributed by atoms with E-state index in [4.69, 9.17) is 0 Å². The van der Waals surface area contributed by atoms with Crippen molar-refractivity contribution in [1.82, 2.24) is 0 Å². The van der Waals surface area contributed by atoms with Crippen molar-refractivity contribution in [3.8, 4) is 12.1 Å². The normalized spacial score (nSPS) is 10.8. The zero-order valence-corrected chi connectivity index (χ0v) is 18.1. The Kier molecular flexibility index (Phi) is 7.25. The topological polar surface area (TPSA) is 97.0 Å². The molecule has 2 aromatic carbocycles. The first kappa shape index (κ1) is 22.3. The molecule has 0 spiro atoms. The van der Waals surface area contributed by atoms with Crippen molar-refractivity contribution < 1.29 is 8.42 Å². The summed E-state index contributed by atoms with van der Waals surface area (Å²) in [6.45, 7) is 7.57. The van der Waals surface area contributed by atoms with Crippen molar-refractivity contribution >= 4 is 21.4 Å². The highest BCUT2D eigenvalue weighted by Gasteiger charge is 2.14. The van der Waals surface area contributed by atoms with Crippen LogP contribution in [0.1, 0.15) is 41.7 Å². The lowest BCUT2D eigenvalue weighted by Gasteiger charge is -2.23. The van der Waals surface area contributed by atoms with Crippen molar-refractivity contribution in [2.24, 2.45) is 0 Å². The second-order valence-corrected chi connectivity index (χ2v) is 8.70. The fraction of sp³-hybridized carbons (Fsp3) is 0.364. The quantitative estimate of drug-likeness (QED) is 0.715. The summed E-state index contributed by atoms with van der Waals surface area (Å²) >= 11 is 0. The first-order valence-corrected chi connectivity index (χ1v) is 11.4. The van der Waals surface area contributed by atoms with Gasteiger partial charge < -0.3 is 4.90 Å². The minimum atomic E-state index is -3.44. The molecule has 0 aliphatic rings. The van der Waals surface area contributed by atoms with E-state index in [-0.39, 0.29) is 0 Å². The molecule has 0 heterocycles. The second-order valence-electron chi connectivity index (χ2n) is 6.95. The number of anilines is 2. The number of sulfonamides is 1. The van der Waals surface area contributed by atoms with Crippen LogP contribution in [0, 0.1) is 29.6 Å². The van der Waals surface area contributed by atoms with Gasteiger partial charge >= 0.3 is 0 Å². The van der Waals surface area contributed by atoms with Crippen LogP contribution in [-0.4, -0.2) is 27.8 Å². The maximum atomic E-state index is 11.9. The van der Waals surface area contributed by atoms with E-state index in [9.17, 15) is 18.9 Å². The minimum absolute atomic E-state index is 0.467. The van der Waals surface area contributed by atoms with E-state index in [1.54, 1.807) is 12.1 Å². The zero-order chi connectivity index (χ0) is 21.6. The Labute approximate surface area is 173 Å². The summed E-state index contributed by atoms with van der Waals surface area (Å²) in [6.07, 6.45) is 2.10. The predicted octanol–water partition coefficient (Wildman–Crippen LogP) is 3.74. The number of nitriles is 2. The Hall–Kier alpha value is -3.03. The summed E-state index contributed by atoms with van der Waals surface area (Å²) in [5, 5.41) is 18.9. The van der Waals surface area contributed by atoms with E-state index in [1.807, 2.05) is 39.0 Å². The van der Waals surface area contributed by atoms with Gasteiger partial charge in [0.25, 0.3) is 0 Å². The Morgan fingerprint density at radius 2 is 1.59 bits per heavy atom. The minimum Gasteiger partial charge on any atom is -0.372 e. The number of rotatable bonds is 8. The van der Waals surface area contributed by atoms with Gasteiger partial charge in [-0.15, -0.1) is 0 Å². The van der Waals surface area contributed by atoms with Gasteiger partial charge in [0.05, 0.1) is 35.2 Å². The van der Waals surface area contributed by atoms with Crippen LogP contribution in [0.4, 0.5) is 11.4 Å². The number of aryl methyl sites for hydroxylation is 2. The van der Waals surface area contributed by atoms with E-state index in [0.29, 0.717) is 35.2 Å². The van der Waals surface area contributed by atoms with Gasteiger partial charge in [-0.25, -0.2) is 8.42 Å². The van der Waals surface area contributed by atoms with Gasteiger partial charge in [-0.1, -0.05) is 6.07 Å². The molecular formula is C22H26N4O2S. The summed E-state index contributed by atoms with van der Waals surface area (Å²) in [4.78, 5) is 2.14. The summed E-state index contributed by atoms with van der Waals surface area (Å²) in [6, 6.07) is 13.6. The molecule has 152 valence electrons. The summed E-state index contributed by atoms with van der Waals surface area (Å²) < 4.78 is 26.4. The first-order chi connectivity index (χ1) is 13.7. The van der Waals surface area contributed by atoms with Gasteiger partial charge in [-0.05, 0) is 74.6 Å². The van der Waals surface area contributed by atoms with Gasteiger partial charge in [0.2, 0.25) is 10.0 Å². The molecule has 0 saturated heterocycles. The third-order valence-electron chi connectivity index (χ3n) is 4.80. The predicted molar refractivity (Wildman–Crippen MR) is 116 cm³/mol. The third-order valence-corrected chi connectivity index (χ3v) is 5.39. The third kappa shape index (κ3) is 5.73. The molecule has 0 aliphatic carbocycles. The standard InChI is InChI=1S/C22H26N4O2S/c1-5-26(6-2)20-9-7-17(22(13-20)25-29(4,27)28)8-10-21-18(14-23)11-16(3)12-19(21)15-24/h7,9,11-13,25H,5-6,8,10H2,1-4H3. The van der Waals surface area contributed by atoms with Crippen molar-refractivity contribution in [1.29, 1.82) is 10.5 Å². The van der Waals surface area contributed by atoms with E-state index >= 15 is 0 Å². The van der Waals surface area contributed by atoms with Crippen LogP contribution >= 0.6 is 0 Å². The number of hydrogen-bond donors (Lipinski definition) is 1. The average Bonchev–Trinajstić information content (AvgIpc) is 2.67. The molecule has 0 saturated carbocycles. The Bertz CT molecular complexity index is 1040. The molecule has 6 nitrogen and oxygen atoms in total. The van der Waals surface area contributed by atoms with Crippen LogP contribution in [0.25, 0.3) is 0 Å². The first-order valence-electron chi connectivity index (χ1n) is 9.51. The number of hydrogen-bond acceptors (Lipinski definition) is 5. The maximum Gasteiger partial charge on any atom is 0.229 e. The fourth-order valence-corrected chi connectivity index (χ4v) is 4.00. The van der Waals surface area contributed by atoms with E-state index in [0.717, 1.165) is 36.2 Å². The lowest BCUT2D eigenvalue weighted by molar-refractivity contribution is 0.606. The average molecular weight is 411 g/mol. The largest absolute Gasteiger partial charge is 0.372 e. The van der Waals surface area contributed by atoms with Crippen molar-refractivity contribution in [3.63, 3.8) is 0 Å². The van der Waals surface area contributed by atoms with Crippen LogP contribution in [0.15, 0.2) is 30.3 Å². The molecule has 0 aliphatic heterocycles. The van der Waals surface area contributed by atoms with Gasteiger partial charge in [-0.3, -0.25) is 4.72 Å². The zero-order valence-electron chi connectivity index (χ0n) is 17.3. The highest BCUT2D eigenvalue weighted by molar-refractivity contribution is 7.92. The molecular weight excluding hydrogens is 384 g/mol. The van der Waals surface area contributed by atoms with Crippen LogP contribution in [0.3, 0.4) is 0 Å². The molecule has 0 radical (unpaired) electrons. The van der Waals surface area contributed by atoms with Gasteiger partial charge in [0.15, 0.2) is 0 Å². The molecule has 2 rings (SSSR count). The molecule has 2 aromatic rings. The molecule has 0 fully saturated rings. The highest BCUT2D eigenvalue weighted by atomic mass is 32.2. The molecule has 0 atom stereocenters. The lowest BCUT2D eigenvalue weighted by Crippen LogP contribution is -2.22. The Morgan fingerprint density at radius 1 is 1.00 bits per heavy atom. The van der Waals surface area contributed by atoms with Crippen LogP contribution in [-0.2, 0) is 22.9 Å². The number of nitrogens with one attached hydrogen (secondary N) is 1. The summed E-state index contributed by atoms with van der Waals surface area (Å²) in [5.74, 6) is 0. The van der Waals surface area contributed by atoms with Gasteiger partial charge in [-0.2, -0.15) is 10.5 Å². The van der Waals surface area contributed by atoms with Crippen molar-refractivity contribution in [2.45, 2.75) is 33.6 Å². The second kappa shape index (κ2) is 9.45. The molecule has 0 aromatic heterocycles. The summed E-state index contributed by atoms with van der Waals surface area (Å²) in [5.41, 5.74) is 4.82. The van der Waals surface area contributed by atoms with E-state index < -0.39 is 10.0 Å². The smallest absolute Gasteiger partial charge is 0.229 e. The molecule has 0 amide bonds. The molecule has 0 unspecified atom stereocenters. The van der Waals surface area contributed by atoms with E-state index in [1.165, 1.54) is 0 Å². The van der Waals surface area contributed by atoms with Crippen LogP contribution in [0.5, 0.6) is 0 Å². The Balaban J connectivity index is 2.43. The molecule has 7 heteroatoms. The number of nitrogens with zero attached hydrogens (tertiary/aromatic N) is 3.